The minimum Gasteiger partial charge on any atom is -0.493 e. The largest absolute Gasteiger partial charge is 0.493 e. The van der Waals surface area contributed by atoms with E-state index in [1.54, 1.807) is 12.1 Å². The molecule has 0 spiro atoms. The van der Waals surface area contributed by atoms with Gasteiger partial charge in [-0.1, -0.05) is 19.3 Å². The van der Waals surface area contributed by atoms with Gasteiger partial charge in [-0.3, -0.25) is 4.89 Å². The van der Waals surface area contributed by atoms with Crippen molar-refractivity contribution in [1.29, 1.82) is 0 Å². The van der Waals surface area contributed by atoms with E-state index < -0.39 is 5.97 Å². The SMILES string of the molecule is COc1ccc(C(=O)OOC2CCCCC2)c(OC)c1OC. The molecule has 0 amide bonds. The minimum atomic E-state index is -0.608. The van der Waals surface area contributed by atoms with Crippen LogP contribution in [0.1, 0.15) is 42.5 Å². The van der Waals surface area contributed by atoms with Crippen LogP contribution in [0.5, 0.6) is 17.2 Å². The van der Waals surface area contributed by atoms with Crippen LogP contribution in [0.2, 0.25) is 0 Å². The van der Waals surface area contributed by atoms with Crippen molar-refractivity contribution in [3.63, 3.8) is 0 Å². The van der Waals surface area contributed by atoms with E-state index in [1.807, 2.05) is 0 Å². The van der Waals surface area contributed by atoms with E-state index in [0.29, 0.717) is 11.5 Å². The van der Waals surface area contributed by atoms with Crippen molar-refractivity contribution in [2.45, 2.75) is 38.2 Å². The van der Waals surface area contributed by atoms with Crippen LogP contribution in [0, 0.1) is 0 Å². The first-order chi connectivity index (χ1) is 10.7. The van der Waals surface area contributed by atoms with Gasteiger partial charge < -0.3 is 14.2 Å². The fraction of sp³-hybridized carbons (Fsp3) is 0.562. The van der Waals surface area contributed by atoms with Crippen LogP contribution < -0.4 is 14.2 Å². The number of carbonyl (C=O) groups is 1. The maximum absolute atomic E-state index is 12.2. The summed E-state index contributed by atoms with van der Waals surface area (Å²) in [4.78, 5) is 22.4. The van der Waals surface area contributed by atoms with Crippen LogP contribution in [0.15, 0.2) is 12.1 Å². The summed E-state index contributed by atoms with van der Waals surface area (Å²) in [6.07, 6.45) is 5.21. The van der Waals surface area contributed by atoms with Gasteiger partial charge in [0, 0.05) is 0 Å². The third kappa shape index (κ3) is 3.62. The molecule has 2 rings (SSSR count). The van der Waals surface area contributed by atoms with Crippen LogP contribution in [0.25, 0.3) is 0 Å². The number of carbonyl (C=O) groups excluding carboxylic acids is 1. The molecule has 0 N–H and O–H groups in total. The van der Waals surface area contributed by atoms with Gasteiger partial charge in [0.1, 0.15) is 11.7 Å². The summed E-state index contributed by atoms with van der Waals surface area (Å²) in [5.74, 6) is 0.476. The second-order valence-electron chi connectivity index (χ2n) is 5.11. The maximum atomic E-state index is 12.2. The number of methoxy groups -OCH3 is 3. The van der Waals surface area contributed by atoms with Crippen molar-refractivity contribution >= 4 is 5.97 Å². The van der Waals surface area contributed by atoms with Crippen LogP contribution in [0.3, 0.4) is 0 Å². The second kappa shape index (κ2) is 7.89. The number of hydrogen-bond acceptors (Lipinski definition) is 6. The summed E-state index contributed by atoms with van der Waals surface area (Å²) >= 11 is 0. The lowest BCUT2D eigenvalue weighted by atomic mass is 9.98. The maximum Gasteiger partial charge on any atom is 0.376 e. The summed E-state index contributed by atoms with van der Waals surface area (Å²) in [5, 5.41) is 0. The van der Waals surface area contributed by atoms with E-state index >= 15 is 0 Å². The zero-order valence-electron chi connectivity index (χ0n) is 13.2. The van der Waals surface area contributed by atoms with E-state index in [-0.39, 0.29) is 17.4 Å². The molecular formula is C16H22O6. The van der Waals surface area contributed by atoms with Crippen molar-refractivity contribution < 1.29 is 28.8 Å². The smallest absolute Gasteiger partial charge is 0.376 e. The summed E-state index contributed by atoms with van der Waals surface area (Å²) in [6.45, 7) is 0. The van der Waals surface area contributed by atoms with E-state index in [9.17, 15) is 4.79 Å². The Morgan fingerprint density at radius 3 is 2.23 bits per heavy atom. The predicted octanol–water partition coefficient (Wildman–Crippen LogP) is 3.13. The van der Waals surface area contributed by atoms with Crippen molar-refractivity contribution in [2.75, 3.05) is 21.3 Å². The molecule has 1 aromatic rings. The van der Waals surface area contributed by atoms with Gasteiger partial charge in [-0.05, 0) is 25.0 Å². The highest BCUT2D eigenvalue weighted by Gasteiger charge is 2.24. The van der Waals surface area contributed by atoms with Gasteiger partial charge in [0.2, 0.25) is 5.75 Å². The molecule has 22 heavy (non-hydrogen) atoms. The Kier molecular flexibility index (Phi) is 5.89. The molecule has 0 unspecified atom stereocenters. The predicted molar refractivity (Wildman–Crippen MR) is 79.5 cm³/mol. The highest BCUT2D eigenvalue weighted by molar-refractivity contribution is 5.93. The number of benzene rings is 1. The van der Waals surface area contributed by atoms with Gasteiger partial charge in [0.15, 0.2) is 11.5 Å². The molecule has 6 nitrogen and oxygen atoms in total. The first-order valence-electron chi connectivity index (χ1n) is 7.37. The van der Waals surface area contributed by atoms with Crippen LogP contribution in [-0.2, 0) is 9.78 Å². The number of rotatable bonds is 6. The van der Waals surface area contributed by atoms with Crippen molar-refractivity contribution in [3.05, 3.63) is 17.7 Å². The molecule has 122 valence electrons. The van der Waals surface area contributed by atoms with E-state index in [0.717, 1.165) is 25.7 Å². The zero-order valence-corrected chi connectivity index (χ0v) is 13.2. The lowest BCUT2D eigenvalue weighted by Crippen LogP contribution is -2.19. The molecule has 1 aliphatic carbocycles. The minimum absolute atomic E-state index is 0.0242. The van der Waals surface area contributed by atoms with Crippen LogP contribution in [-0.4, -0.2) is 33.4 Å². The molecule has 1 fully saturated rings. The molecule has 1 aliphatic rings. The third-order valence-corrected chi connectivity index (χ3v) is 3.74. The Morgan fingerprint density at radius 2 is 1.64 bits per heavy atom. The Balaban J connectivity index is 2.11. The number of hydrogen-bond donors (Lipinski definition) is 0. The highest BCUT2D eigenvalue weighted by atomic mass is 17.2. The van der Waals surface area contributed by atoms with Gasteiger partial charge in [-0.2, -0.15) is 4.89 Å². The quantitative estimate of drug-likeness (QED) is 0.594. The average molecular weight is 310 g/mol. The zero-order chi connectivity index (χ0) is 15.9. The van der Waals surface area contributed by atoms with Gasteiger partial charge in [0.25, 0.3) is 0 Å². The molecule has 1 aromatic carbocycles. The van der Waals surface area contributed by atoms with Crippen molar-refractivity contribution in [3.8, 4) is 17.2 Å². The molecule has 1 saturated carbocycles. The number of ether oxygens (including phenoxy) is 3. The van der Waals surface area contributed by atoms with Crippen LogP contribution >= 0.6 is 0 Å². The average Bonchev–Trinajstić information content (AvgIpc) is 2.58. The molecule has 0 radical (unpaired) electrons. The molecule has 0 saturated heterocycles. The first-order valence-corrected chi connectivity index (χ1v) is 7.37. The molecule has 0 bridgehead atoms. The van der Waals surface area contributed by atoms with E-state index in [2.05, 4.69) is 0 Å². The lowest BCUT2D eigenvalue weighted by molar-refractivity contribution is -0.279. The third-order valence-electron chi connectivity index (χ3n) is 3.74. The second-order valence-corrected chi connectivity index (χ2v) is 5.11. The standard InChI is InChI=1S/C16H22O6/c1-18-13-10-9-12(14(19-2)15(13)20-3)16(17)22-21-11-7-5-4-6-8-11/h9-11H,4-8H2,1-3H3. The molecule has 0 aliphatic heterocycles. The fourth-order valence-corrected chi connectivity index (χ4v) is 2.58. The van der Waals surface area contributed by atoms with E-state index in [1.165, 1.54) is 27.8 Å². The topological polar surface area (TPSA) is 63.2 Å². The Labute approximate surface area is 130 Å². The molecule has 0 aromatic heterocycles. The summed E-state index contributed by atoms with van der Waals surface area (Å²) < 4.78 is 15.7. The molecule has 0 heterocycles. The normalized spacial score (nSPS) is 15.2. The van der Waals surface area contributed by atoms with Gasteiger partial charge in [-0.25, -0.2) is 4.79 Å². The molecule has 6 heteroatoms. The van der Waals surface area contributed by atoms with E-state index in [4.69, 9.17) is 24.0 Å². The first kappa shape index (κ1) is 16.4. The lowest BCUT2D eigenvalue weighted by Gasteiger charge is -2.20. The fourth-order valence-electron chi connectivity index (χ4n) is 2.58. The van der Waals surface area contributed by atoms with Crippen molar-refractivity contribution in [2.24, 2.45) is 0 Å². The summed E-state index contributed by atoms with van der Waals surface area (Å²) in [5.41, 5.74) is 0.232. The summed E-state index contributed by atoms with van der Waals surface area (Å²) in [7, 11) is 4.45. The summed E-state index contributed by atoms with van der Waals surface area (Å²) in [6, 6.07) is 3.19. The van der Waals surface area contributed by atoms with Gasteiger partial charge in [-0.15, -0.1) is 0 Å². The molecule has 0 atom stereocenters. The van der Waals surface area contributed by atoms with Gasteiger partial charge >= 0.3 is 5.97 Å². The molecular weight excluding hydrogens is 288 g/mol. The monoisotopic (exact) mass is 310 g/mol. The highest BCUT2D eigenvalue weighted by Crippen LogP contribution is 2.40. The Morgan fingerprint density at radius 1 is 0.955 bits per heavy atom. The van der Waals surface area contributed by atoms with Gasteiger partial charge in [0.05, 0.1) is 21.3 Å². The van der Waals surface area contributed by atoms with Crippen molar-refractivity contribution in [1.82, 2.24) is 0 Å². The Bertz CT molecular complexity index is 508. The van der Waals surface area contributed by atoms with Crippen LogP contribution in [0.4, 0.5) is 0 Å². The Hall–Kier alpha value is -1.95.